The van der Waals surface area contributed by atoms with Crippen LogP contribution in [0.25, 0.3) is 0 Å². The third-order valence-electron chi connectivity index (χ3n) is 6.17. The van der Waals surface area contributed by atoms with Gasteiger partial charge in [0.05, 0.1) is 30.3 Å². The van der Waals surface area contributed by atoms with Gasteiger partial charge in [-0.05, 0) is 61.2 Å². The second-order valence-electron chi connectivity index (χ2n) is 10.1. The highest BCUT2D eigenvalue weighted by atomic mass is 16.7. The average Bonchev–Trinajstić information content (AvgIpc) is 3.06. The Hall–Kier alpha value is -1.79. The lowest BCUT2D eigenvalue weighted by Crippen LogP contribution is -2.46. The number of rotatable bonds is 5. The lowest BCUT2D eigenvalue weighted by atomic mass is 9.78. The first-order chi connectivity index (χ1) is 13.7. The molecule has 2 aliphatic rings. The normalized spacial score (nSPS) is 27.6. The van der Waals surface area contributed by atoms with Crippen LogP contribution in [-0.2, 0) is 23.6 Å². The van der Waals surface area contributed by atoms with E-state index in [9.17, 15) is 14.9 Å². The Bertz CT molecular complexity index is 681. The summed E-state index contributed by atoms with van der Waals surface area (Å²) >= 11 is 0. The molecule has 8 nitrogen and oxygen atoms in total. The van der Waals surface area contributed by atoms with E-state index in [1.54, 1.807) is 20.8 Å². The number of methoxy groups -OCH3 is 1. The van der Waals surface area contributed by atoms with Gasteiger partial charge in [0.1, 0.15) is 11.6 Å². The fraction of sp³-hybridized carbons (Fsp3) is 0.857. The van der Waals surface area contributed by atoms with Gasteiger partial charge in [0.15, 0.2) is 0 Å². The minimum atomic E-state index is -0.840. The Morgan fingerprint density at radius 1 is 1.20 bits per heavy atom. The molecule has 0 aromatic rings. The number of hydrogen-bond donors (Lipinski definition) is 0. The Labute approximate surface area is 180 Å². The number of nitrogens with zero attached hydrogens (tertiary/aromatic N) is 2. The zero-order chi connectivity index (χ0) is 22.9. The molecular weight excluding hydrogens is 387 g/mol. The summed E-state index contributed by atoms with van der Waals surface area (Å²) < 4.78 is 22.5. The van der Waals surface area contributed by atoms with Crippen LogP contribution in [0, 0.1) is 23.2 Å². The molecule has 0 aromatic heterocycles. The minimum absolute atomic E-state index is 0.145. The van der Waals surface area contributed by atoms with Gasteiger partial charge in [0, 0.05) is 12.5 Å². The second-order valence-corrected chi connectivity index (χ2v) is 10.1. The number of nitriles is 1. The van der Waals surface area contributed by atoms with Crippen LogP contribution in [0.2, 0.25) is 6.32 Å². The molecule has 0 aromatic carbocycles. The van der Waals surface area contributed by atoms with E-state index in [0.717, 1.165) is 0 Å². The molecule has 0 aliphatic carbocycles. The quantitative estimate of drug-likeness (QED) is 0.495. The monoisotopic (exact) mass is 422 g/mol. The maximum Gasteiger partial charge on any atom is 0.457 e. The first-order valence-electron chi connectivity index (χ1n) is 10.5. The molecule has 30 heavy (non-hydrogen) atoms. The van der Waals surface area contributed by atoms with Crippen molar-refractivity contribution >= 4 is 19.2 Å². The molecule has 2 aliphatic heterocycles. The van der Waals surface area contributed by atoms with Crippen LogP contribution in [0.15, 0.2) is 0 Å². The SMILES string of the molecule is COC(=O)C1C(CCCB2OC(C)(C)C(C)(C)O2)C(C#N)CN1C(=O)OC(C)(C)C. The Kier molecular flexibility index (Phi) is 7.15. The number of hydrogen-bond acceptors (Lipinski definition) is 7. The molecule has 168 valence electrons. The fourth-order valence-corrected chi connectivity index (χ4v) is 3.94. The van der Waals surface area contributed by atoms with Crippen LogP contribution in [0.4, 0.5) is 4.79 Å². The molecule has 3 unspecified atom stereocenters. The van der Waals surface area contributed by atoms with E-state index in [0.29, 0.717) is 19.2 Å². The molecule has 3 atom stereocenters. The smallest absolute Gasteiger partial charge is 0.457 e. The second kappa shape index (κ2) is 8.76. The van der Waals surface area contributed by atoms with E-state index in [4.69, 9.17) is 18.8 Å². The maximum absolute atomic E-state index is 12.7. The van der Waals surface area contributed by atoms with E-state index in [1.807, 2.05) is 27.7 Å². The number of amides is 1. The van der Waals surface area contributed by atoms with Crippen LogP contribution in [0.1, 0.15) is 61.3 Å². The number of carbonyl (C=O) groups excluding carboxylic acids is 2. The molecule has 1 amide bonds. The zero-order valence-electron chi connectivity index (χ0n) is 19.5. The molecule has 2 fully saturated rings. The maximum atomic E-state index is 12.7. The molecule has 2 rings (SSSR count). The Morgan fingerprint density at radius 3 is 2.23 bits per heavy atom. The van der Waals surface area contributed by atoms with Gasteiger partial charge in [-0.25, -0.2) is 9.59 Å². The van der Waals surface area contributed by atoms with Crippen LogP contribution < -0.4 is 0 Å². The van der Waals surface area contributed by atoms with Crippen molar-refractivity contribution in [3.63, 3.8) is 0 Å². The fourth-order valence-electron chi connectivity index (χ4n) is 3.94. The van der Waals surface area contributed by atoms with E-state index >= 15 is 0 Å². The molecule has 0 spiro atoms. The van der Waals surface area contributed by atoms with Crippen LogP contribution in [-0.4, -0.2) is 60.6 Å². The van der Waals surface area contributed by atoms with Gasteiger partial charge in [-0.2, -0.15) is 5.26 Å². The highest BCUT2D eigenvalue weighted by Gasteiger charge is 2.52. The van der Waals surface area contributed by atoms with Crippen molar-refractivity contribution in [1.29, 1.82) is 5.26 Å². The third-order valence-corrected chi connectivity index (χ3v) is 6.17. The largest absolute Gasteiger partial charge is 0.467 e. The molecule has 0 bridgehead atoms. The van der Waals surface area contributed by atoms with Crippen molar-refractivity contribution in [1.82, 2.24) is 4.90 Å². The third kappa shape index (κ3) is 5.27. The summed E-state index contributed by atoms with van der Waals surface area (Å²) in [6, 6.07) is 1.42. The van der Waals surface area contributed by atoms with E-state index in [-0.39, 0.29) is 19.6 Å². The first kappa shape index (κ1) is 24.5. The number of esters is 1. The summed E-state index contributed by atoms with van der Waals surface area (Å²) in [7, 11) is 0.951. The summed E-state index contributed by atoms with van der Waals surface area (Å²) in [5.41, 5.74) is -1.50. The molecule has 0 saturated carbocycles. The molecular formula is C21H35BN2O6. The number of carbonyl (C=O) groups is 2. The van der Waals surface area contributed by atoms with E-state index < -0.39 is 40.8 Å². The van der Waals surface area contributed by atoms with Crippen LogP contribution in [0.3, 0.4) is 0 Å². The lowest BCUT2D eigenvalue weighted by molar-refractivity contribution is -0.147. The highest BCUT2D eigenvalue weighted by Crippen LogP contribution is 2.40. The van der Waals surface area contributed by atoms with E-state index in [1.165, 1.54) is 12.0 Å². The van der Waals surface area contributed by atoms with Crippen molar-refractivity contribution in [2.75, 3.05) is 13.7 Å². The van der Waals surface area contributed by atoms with Gasteiger partial charge in [0.2, 0.25) is 0 Å². The van der Waals surface area contributed by atoms with Gasteiger partial charge in [-0.15, -0.1) is 0 Å². The molecule has 9 heteroatoms. The number of ether oxygens (including phenoxy) is 2. The van der Waals surface area contributed by atoms with Gasteiger partial charge in [-0.1, -0.05) is 6.42 Å². The standard InChI is InChI=1S/C21H35BN2O6/c1-19(2,3)28-18(26)24-13-14(12-23)15(16(24)17(25)27-8)10-9-11-22-29-20(4,5)21(6,7)30-22/h14-16H,9-11,13H2,1-8H3. The highest BCUT2D eigenvalue weighted by molar-refractivity contribution is 6.45. The van der Waals surface area contributed by atoms with Gasteiger partial charge in [0.25, 0.3) is 0 Å². The summed E-state index contributed by atoms with van der Waals surface area (Å²) in [4.78, 5) is 26.5. The first-order valence-corrected chi connectivity index (χ1v) is 10.5. The van der Waals surface area contributed by atoms with Gasteiger partial charge >= 0.3 is 19.2 Å². The summed E-state index contributed by atoms with van der Waals surface area (Å²) in [5, 5.41) is 9.66. The van der Waals surface area contributed by atoms with Crippen molar-refractivity contribution in [2.24, 2.45) is 11.8 Å². The predicted molar refractivity (Wildman–Crippen MR) is 111 cm³/mol. The average molecular weight is 422 g/mol. The summed E-state index contributed by atoms with van der Waals surface area (Å²) in [5.74, 6) is -1.34. The van der Waals surface area contributed by atoms with E-state index in [2.05, 4.69) is 6.07 Å². The molecule has 0 radical (unpaired) electrons. The summed E-state index contributed by atoms with van der Waals surface area (Å²) in [6.07, 6.45) is 1.30. The van der Waals surface area contributed by atoms with Gasteiger partial charge in [-0.3, -0.25) is 4.90 Å². The molecule has 0 N–H and O–H groups in total. The lowest BCUT2D eigenvalue weighted by Gasteiger charge is -2.32. The van der Waals surface area contributed by atoms with Crippen LogP contribution >= 0.6 is 0 Å². The van der Waals surface area contributed by atoms with Crippen molar-refractivity contribution < 1.29 is 28.4 Å². The Balaban J connectivity index is 2.08. The Morgan fingerprint density at radius 2 is 1.77 bits per heavy atom. The zero-order valence-corrected chi connectivity index (χ0v) is 19.5. The topological polar surface area (TPSA) is 98.1 Å². The number of likely N-dealkylation sites (tertiary alicyclic amines) is 1. The molecule has 2 saturated heterocycles. The van der Waals surface area contributed by atoms with Crippen LogP contribution in [0.5, 0.6) is 0 Å². The van der Waals surface area contributed by atoms with Crippen molar-refractivity contribution in [2.45, 2.75) is 90.5 Å². The minimum Gasteiger partial charge on any atom is -0.467 e. The van der Waals surface area contributed by atoms with Crippen molar-refractivity contribution in [3.05, 3.63) is 0 Å². The molecule has 2 heterocycles. The predicted octanol–water partition coefficient (Wildman–Crippen LogP) is 3.41. The summed E-state index contributed by atoms with van der Waals surface area (Å²) in [6.45, 7) is 13.4. The van der Waals surface area contributed by atoms with Gasteiger partial charge < -0.3 is 18.8 Å². The van der Waals surface area contributed by atoms with Crippen molar-refractivity contribution in [3.8, 4) is 6.07 Å².